The Morgan fingerprint density at radius 3 is 2.50 bits per heavy atom. The molecule has 0 fully saturated rings. The van der Waals surface area contributed by atoms with E-state index < -0.39 is 5.97 Å². The van der Waals surface area contributed by atoms with Gasteiger partial charge >= 0.3 is 5.97 Å². The monoisotopic (exact) mass is 271 g/mol. The van der Waals surface area contributed by atoms with Gasteiger partial charge in [-0.1, -0.05) is 30.3 Å². The molecule has 4 heteroatoms. The molecule has 0 aliphatic rings. The predicted octanol–water partition coefficient (Wildman–Crippen LogP) is 3.26. The molecule has 2 aromatic rings. The summed E-state index contributed by atoms with van der Waals surface area (Å²) in [7, 11) is 0. The number of rotatable bonds is 6. The lowest BCUT2D eigenvalue weighted by atomic mass is 10.2. The Hall–Kier alpha value is -2.49. The number of hydrogen-bond donors (Lipinski definition) is 2. The van der Waals surface area contributed by atoms with Crippen molar-refractivity contribution in [2.24, 2.45) is 0 Å². The van der Waals surface area contributed by atoms with Gasteiger partial charge in [0.15, 0.2) is 0 Å². The van der Waals surface area contributed by atoms with Gasteiger partial charge in [-0.3, -0.25) is 0 Å². The second-order valence-electron chi connectivity index (χ2n) is 4.47. The first-order valence-corrected chi connectivity index (χ1v) is 6.44. The zero-order valence-corrected chi connectivity index (χ0v) is 11.2. The fourth-order valence-electron chi connectivity index (χ4n) is 1.85. The highest BCUT2D eigenvalue weighted by molar-refractivity contribution is 5.94. The van der Waals surface area contributed by atoms with Crippen molar-refractivity contribution in [3.05, 3.63) is 60.2 Å². The van der Waals surface area contributed by atoms with Crippen LogP contribution in [0.15, 0.2) is 54.6 Å². The summed E-state index contributed by atoms with van der Waals surface area (Å²) in [6.07, 6.45) is -0.0701. The molecule has 0 radical (unpaired) electrons. The molecule has 0 amide bonds. The molecule has 0 aliphatic heterocycles. The van der Waals surface area contributed by atoms with Crippen LogP contribution in [0.25, 0.3) is 0 Å². The van der Waals surface area contributed by atoms with Crippen molar-refractivity contribution in [1.29, 1.82) is 0 Å². The third kappa shape index (κ3) is 3.75. The topological polar surface area (TPSA) is 58.6 Å². The largest absolute Gasteiger partial charge is 0.489 e. The van der Waals surface area contributed by atoms with E-state index in [0.29, 0.717) is 12.2 Å². The van der Waals surface area contributed by atoms with Crippen molar-refractivity contribution in [2.75, 3.05) is 11.9 Å². The third-order valence-corrected chi connectivity index (χ3v) is 2.82. The Bertz CT molecular complexity index is 569. The van der Waals surface area contributed by atoms with Crippen LogP contribution in [0.2, 0.25) is 0 Å². The summed E-state index contributed by atoms with van der Waals surface area (Å²) in [6.45, 7) is 2.46. The molecule has 0 bridgehead atoms. The molecule has 1 atom stereocenters. The van der Waals surface area contributed by atoms with Crippen LogP contribution >= 0.6 is 0 Å². The van der Waals surface area contributed by atoms with Gasteiger partial charge in [0.2, 0.25) is 0 Å². The molecule has 0 aliphatic carbocycles. The van der Waals surface area contributed by atoms with Gasteiger partial charge in [0, 0.05) is 5.69 Å². The average Bonchev–Trinajstić information content (AvgIpc) is 2.46. The van der Waals surface area contributed by atoms with Gasteiger partial charge in [0.25, 0.3) is 0 Å². The van der Waals surface area contributed by atoms with Crippen molar-refractivity contribution in [2.45, 2.75) is 13.0 Å². The van der Waals surface area contributed by atoms with Crippen LogP contribution in [0.3, 0.4) is 0 Å². The molecule has 0 aromatic heterocycles. The quantitative estimate of drug-likeness (QED) is 0.846. The summed E-state index contributed by atoms with van der Waals surface area (Å²) in [5.74, 6) is -0.141. The summed E-state index contributed by atoms with van der Waals surface area (Å²) in [5.41, 5.74) is 0.864. The lowest BCUT2D eigenvalue weighted by Gasteiger charge is -2.17. The van der Waals surface area contributed by atoms with Gasteiger partial charge < -0.3 is 15.2 Å². The number of carbonyl (C=O) groups is 1. The number of anilines is 1. The minimum atomic E-state index is -0.940. The zero-order valence-electron chi connectivity index (χ0n) is 11.2. The van der Waals surface area contributed by atoms with Crippen molar-refractivity contribution in [3.63, 3.8) is 0 Å². The number of para-hydroxylation sites is 2. The number of aromatic carboxylic acids is 1. The van der Waals surface area contributed by atoms with Crippen LogP contribution < -0.4 is 10.1 Å². The van der Waals surface area contributed by atoms with Crippen molar-refractivity contribution < 1.29 is 14.6 Å². The molecule has 2 N–H and O–H groups in total. The van der Waals surface area contributed by atoms with Gasteiger partial charge in [-0.05, 0) is 31.2 Å². The van der Waals surface area contributed by atoms with E-state index in [1.165, 1.54) is 0 Å². The van der Waals surface area contributed by atoms with E-state index in [9.17, 15) is 4.79 Å². The van der Waals surface area contributed by atoms with Crippen LogP contribution in [0.4, 0.5) is 5.69 Å². The number of nitrogens with one attached hydrogen (secondary N) is 1. The number of benzene rings is 2. The Labute approximate surface area is 118 Å². The van der Waals surface area contributed by atoms with Gasteiger partial charge in [0.1, 0.15) is 11.9 Å². The first-order valence-electron chi connectivity index (χ1n) is 6.44. The maximum Gasteiger partial charge on any atom is 0.337 e. The molecule has 104 valence electrons. The average molecular weight is 271 g/mol. The summed E-state index contributed by atoms with van der Waals surface area (Å²) in [5, 5.41) is 12.2. The highest BCUT2D eigenvalue weighted by atomic mass is 16.5. The molecule has 2 aromatic carbocycles. The van der Waals surface area contributed by atoms with Crippen LogP contribution in [0.5, 0.6) is 5.75 Å². The number of ether oxygens (including phenoxy) is 1. The first-order chi connectivity index (χ1) is 9.66. The minimum Gasteiger partial charge on any atom is -0.489 e. The smallest absolute Gasteiger partial charge is 0.337 e. The number of carboxylic acids is 1. The molecular weight excluding hydrogens is 254 g/mol. The van der Waals surface area contributed by atoms with Gasteiger partial charge in [0.05, 0.1) is 12.1 Å². The molecule has 0 spiro atoms. The Morgan fingerprint density at radius 2 is 1.80 bits per heavy atom. The van der Waals surface area contributed by atoms with Crippen molar-refractivity contribution in [1.82, 2.24) is 0 Å². The van der Waals surface area contributed by atoms with Gasteiger partial charge in [-0.2, -0.15) is 0 Å². The van der Waals surface area contributed by atoms with E-state index in [4.69, 9.17) is 9.84 Å². The van der Waals surface area contributed by atoms with E-state index in [0.717, 1.165) is 5.75 Å². The molecule has 0 saturated heterocycles. The van der Waals surface area contributed by atoms with Crippen LogP contribution in [-0.2, 0) is 0 Å². The number of hydrogen-bond acceptors (Lipinski definition) is 3. The summed E-state index contributed by atoms with van der Waals surface area (Å²) in [6, 6.07) is 16.4. The fraction of sp³-hybridized carbons (Fsp3) is 0.188. The summed E-state index contributed by atoms with van der Waals surface area (Å²) < 4.78 is 5.73. The second-order valence-corrected chi connectivity index (χ2v) is 4.47. The molecule has 4 nitrogen and oxygen atoms in total. The fourth-order valence-corrected chi connectivity index (χ4v) is 1.85. The molecule has 20 heavy (non-hydrogen) atoms. The summed E-state index contributed by atoms with van der Waals surface area (Å²) in [4.78, 5) is 11.1. The zero-order chi connectivity index (χ0) is 14.4. The first kappa shape index (κ1) is 13.9. The molecule has 1 unspecified atom stereocenters. The maximum atomic E-state index is 11.1. The molecule has 0 saturated carbocycles. The Balaban J connectivity index is 1.94. The highest BCUT2D eigenvalue weighted by Gasteiger charge is 2.10. The lowest BCUT2D eigenvalue weighted by Crippen LogP contribution is -2.23. The van der Waals surface area contributed by atoms with Crippen LogP contribution in [-0.4, -0.2) is 23.7 Å². The highest BCUT2D eigenvalue weighted by Crippen LogP contribution is 2.16. The second kappa shape index (κ2) is 6.61. The Morgan fingerprint density at radius 1 is 1.15 bits per heavy atom. The minimum absolute atomic E-state index is 0.0701. The normalized spacial score (nSPS) is 11.7. The van der Waals surface area contributed by atoms with Gasteiger partial charge in [-0.25, -0.2) is 4.79 Å². The molecular formula is C16H17NO3. The predicted molar refractivity (Wildman–Crippen MR) is 78.4 cm³/mol. The van der Waals surface area contributed by atoms with E-state index in [2.05, 4.69) is 5.32 Å². The lowest BCUT2D eigenvalue weighted by molar-refractivity contribution is 0.0698. The standard InChI is InChI=1S/C16H17NO3/c1-12(20-13-7-3-2-4-8-13)11-17-15-10-6-5-9-14(15)16(18)19/h2-10,12,17H,11H2,1H3,(H,18,19). The molecule has 2 rings (SSSR count). The third-order valence-electron chi connectivity index (χ3n) is 2.82. The van der Waals surface area contributed by atoms with Crippen molar-refractivity contribution in [3.8, 4) is 5.75 Å². The Kier molecular flexibility index (Phi) is 4.60. The van der Waals surface area contributed by atoms with Crippen LogP contribution in [0, 0.1) is 0 Å². The van der Waals surface area contributed by atoms with Crippen molar-refractivity contribution >= 4 is 11.7 Å². The van der Waals surface area contributed by atoms with E-state index in [1.54, 1.807) is 24.3 Å². The van der Waals surface area contributed by atoms with E-state index in [1.807, 2.05) is 37.3 Å². The maximum absolute atomic E-state index is 11.1. The number of carboxylic acid groups (broad SMARTS) is 1. The van der Waals surface area contributed by atoms with Crippen LogP contribution in [0.1, 0.15) is 17.3 Å². The SMILES string of the molecule is CC(CNc1ccccc1C(=O)O)Oc1ccccc1. The van der Waals surface area contributed by atoms with Gasteiger partial charge in [-0.15, -0.1) is 0 Å². The van der Waals surface area contributed by atoms with E-state index >= 15 is 0 Å². The van der Waals surface area contributed by atoms with E-state index in [-0.39, 0.29) is 11.7 Å². The summed E-state index contributed by atoms with van der Waals surface area (Å²) >= 11 is 0. The molecule has 0 heterocycles.